The third-order valence-electron chi connectivity index (χ3n) is 6.19. The zero-order valence-corrected chi connectivity index (χ0v) is 20.6. The van der Waals surface area contributed by atoms with E-state index < -0.39 is 17.7 Å². The third kappa shape index (κ3) is 5.05. The number of ether oxygens (including phenoxy) is 3. The van der Waals surface area contributed by atoms with Crippen LogP contribution in [0.4, 0.5) is 4.39 Å². The number of ketones is 1. The summed E-state index contributed by atoms with van der Waals surface area (Å²) >= 11 is 5.87. The van der Waals surface area contributed by atoms with Crippen molar-refractivity contribution in [2.75, 3.05) is 13.7 Å². The summed E-state index contributed by atoms with van der Waals surface area (Å²) in [5.41, 5.74) is 4.02. The van der Waals surface area contributed by atoms with Crippen LogP contribution in [0, 0.1) is 5.82 Å². The van der Waals surface area contributed by atoms with E-state index in [-0.39, 0.29) is 24.0 Å². The van der Waals surface area contributed by atoms with Crippen molar-refractivity contribution >= 4 is 23.4 Å². The predicted molar refractivity (Wildman–Crippen MR) is 130 cm³/mol. The molecule has 0 radical (unpaired) electrons. The van der Waals surface area contributed by atoms with E-state index in [2.05, 4.69) is 5.32 Å². The molecule has 0 aromatic heterocycles. The fourth-order valence-electron chi connectivity index (χ4n) is 4.61. The summed E-state index contributed by atoms with van der Waals surface area (Å²) in [4.78, 5) is 26.1. The molecule has 1 aliphatic heterocycles. The average molecular weight is 500 g/mol. The standard InChI is InChI=1S/C27H27ClFNO5/c1-4-34-27(32)24-15(2)30-21-6-5-7-22(31)26(21)25(24)16-8-11-23(33-3)17(12-16)14-35-18-9-10-20(29)19(28)13-18/h8-13,25,30H,4-7,14H2,1-3H3/t25-/m0/s1. The van der Waals surface area contributed by atoms with Gasteiger partial charge in [-0.25, -0.2) is 9.18 Å². The van der Waals surface area contributed by atoms with Crippen LogP contribution >= 0.6 is 11.6 Å². The van der Waals surface area contributed by atoms with E-state index >= 15 is 0 Å². The van der Waals surface area contributed by atoms with Gasteiger partial charge in [0, 0.05) is 40.9 Å². The Bertz CT molecular complexity index is 1240. The Kier molecular flexibility index (Phi) is 7.45. The number of carbonyl (C=O) groups is 2. The second kappa shape index (κ2) is 10.5. The van der Waals surface area contributed by atoms with Crippen molar-refractivity contribution in [3.05, 3.63) is 80.9 Å². The molecule has 1 heterocycles. The molecular formula is C27H27ClFNO5. The molecule has 6 nitrogen and oxygen atoms in total. The summed E-state index contributed by atoms with van der Waals surface area (Å²) in [5.74, 6) is -0.545. The molecule has 1 aliphatic carbocycles. The Balaban J connectivity index is 1.75. The number of dihydropyridines is 1. The van der Waals surface area contributed by atoms with Gasteiger partial charge in [-0.1, -0.05) is 17.7 Å². The lowest BCUT2D eigenvalue weighted by molar-refractivity contribution is -0.138. The minimum absolute atomic E-state index is 0.0209. The highest BCUT2D eigenvalue weighted by atomic mass is 35.5. The maximum absolute atomic E-state index is 13.5. The molecule has 0 spiro atoms. The first-order valence-electron chi connectivity index (χ1n) is 11.5. The van der Waals surface area contributed by atoms with Gasteiger partial charge in [0.2, 0.25) is 0 Å². The van der Waals surface area contributed by atoms with Gasteiger partial charge < -0.3 is 19.5 Å². The molecule has 0 amide bonds. The van der Waals surface area contributed by atoms with Gasteiger partial charge in [-0.3, -0.25) is 4.79 Å². The SMILES string of the molecule is CCOC(=O)C1=C(C)NC2=C(C(=O)CCC2)[C@H]1c1ccc(OC)c(COc2ccc(F)c(Cl)c2)c1. The quantitative estimate of drug-likeness (QED) is 0.500. The van der Waals surface area contributed by atoms with E-state index in [0.29, 0.717) is 40.3 Å². The number of esters is 1. The summed E-state index contributed by atoms with van der Waals surface area (Å²) in [6.07, 6.45) is 1.94. The Morgan fingerprint density at radius 3 is 2.71 bits per heavy atom. The lowest BCUT2D eigenvalue weighted by atomic mass is 9.75. The van der Waals surface area contributed by atoms with Crippen LogP contribution in [-0.4, -0.2) is 25.5 Å². The molecular weight excluding hydrogens is 473 g/mol. The Labute approximate surface area is 208 Å². The highest BCUT2D eigenvalue weighted by Gasteiger charge is 2.39. The van der Waals surface area contributed by atoms with Crippen molar-refractivity contribution in [3.8, 4) is 11.5 Å². The first-order valence-corrected chi connectivity index (χ1v) is 11.9. The molecule has 184 valence electrons. The normalized spacial score (nSPS) is 17.6. The summed E-state index contributed by atoms with van der Waals surface area (Å²) in [7, 11) is 1.55. The zero-order chi connectivity index (χ0) is 25.1. The predicted octanol–water partition coefficient (Wildman–Crippen LogP) is 5.60. The van der Waals surface area contributed by atoms with E-state index in [1.807, 2.05) is 19.1 Å². The van der Waals surface area contributed by atoms with Gasteiger partial charge >= 0.3 is 5.97 Å². The van der Waals surface area contributed by atoms with Crippen molar-refractivity contribution in [3.63, 3.8) is 0 Å². The molecule has 0 saturated heterocycles. The molecule has 0 saturated carbocycles. The first kappa shape index (κ1) is 24.8. The molecule has 0 fully saturated rings. The van der Waals surface area contributed by atoms with Gasteiger partial charge in [0.25, 0.3) is 0 Å². The topological polar surface area (TPSA) is 73.9 Å². The smallest absolute Gasteiger partial charge is 0.336 e. The van der Waals surface area contributed by atoms with Gasteiger partial charge in [0.15, 0.2) is 5.78 Å². The fourth-order valence-corrected chi connectivity index (χ4v) is 4.79. The Hall–Kier alpha value is -3.32. The van der Waals surface area contributed by atoms with E-state index in [1.165, 1.54) is 18.2 Å². The third-order valence-corrected chi connectivity index (χ3v) is 6.48. The Morgan fingerprint density at radius 2 is 2.00 bits per heavy atom. The van der Waals surface area contributed by atoms with Gasteiger partial charge in [-0.15, -0.1) is 0 Å². The van der Waals surface area contributed by atoms with Crippen LogP contribution in [-0.2, 0) is 20.9 Å². The van der Waals surface area contributed by atoms with Crippen LogP contribution in [0.15, 0.2) is 58.9 Å². The molecule has 2 aliphatic rings. The molecule has 4 rings (SSSR count). The van der Waals surface area contributed by atoms with Gasteiger partial charge in [0.05, 0.1) is 24.3 Å². The van der Waals surface area contributed by atoms with E-state index in [0.717, 1.165) is 24.1 Å². The number of hydrogen-bond acceptors (Lipinski definition) is 6. The van der Waals surface area contributed by atoms with Crippen LogP contribution < -0.4 is 14.8 Å². The monoisotopic (exact) mass is 499 g/mol. The van der Waals surface area contributed by atoms with Gasteiger partial charge in [-0.2, -0.15) is 0 Å². The van der Waals surface area contributed by atoms with Crippen molar-refractivity contribution in [2.45, 2.75) is 45.6 Å². The van der Waals surface area contributed by atoms with Crippen molar-refractivity contribution in [2.24, 2.45) is 0 Å². The summed E-state index contributed by atoms with van der Waals surface area (Å²) in [6.45, 7) is 3.92. The molecule has 8 heteroatoms. The van der Waals surface area contributed by atoms with Gasteiger partial charge in [0.1, 0.15) is 23.9 Å². The minimum Gasteiger partial charge on any atom is -0.496 e. The number of nitrogens with one attached hydrogen (secondary N) is 1. The number of rotatable bonds is 7. The lowest BCUT2D eigenvalue weighted by Crippen LogP contribution is -2.34. The van der Waals surface area contributed by atoms with Crippen LogP contribution in [0.3, 0.4) is 0 Å². The fraction of sp³-hybridized carbons (Fsp3) is 0.333. The largest absolute Gasteiger partial charge is 0.496 e. The molecule has 1 atom stereocenters. The maximum Gasteiger partial charge on any atom is 0.336 e. The zero-order valence-electron chi connectivity index (χ0n) is 19.9. The highest BCUT2D eigenvalue weighted by molar-refractivity contribution is 6.30. The van der Waals surface area contributed by atoms with Gasteiger partial charge in [-0.05, 0) is 56.5 Å². The highest BCUT2D eigenvalue weighted by Crippen LogP contribution is 2.43. The van der Waals surface area contributed by atoms with Crippen molar-refractivity contribution in [1.82, 2.24) is 5.32 Å². The van der Waals surface area contributed by atoms with E-state index in [4.69, 9.17) is 25.8 Å². The molecule has 0 unspecified atom stereocenters. The molecule has 0 bridgehead atoms. The first-order chi connectivity index (χ1) is 16.8. The molecule has 2 aromatic rings. The average Bonchev–Trinajstić information content (AvgIpc) is 2.84. The second-order valence-electron chi connectivity index (χ2n) is 8.42. The number of hydrogen-bond donors (Lipinski definition) is 1. The van der Waals surface area contributed by atoms with E-state index in [1.54, 1.807) is 20.1 Å². The van der Waals surface area contributed by atoms with Crippen molar-refractivity contribution < 1.29 is 28.2 Å². The van der Waals surface area contributed by atoms with Crippen LogP contribution in [0.1, 0.15) is 50.2 Å². The number of allylic oxidation sites excluding steroid dienone is 3. The maximum atomic E-state index is 13.5. The summed E-state index contributed by atoms with van der Waals surface area (Å²) in [6, 6.07) is 9.66. The van der Waals surface area contributed by atoms with E-state index in [9.17, 15) is 14.0 Å². The lowest BCUT2D eigenvalue weighted by Gasteiger charge is -2.34. The number of Topliss-reactive ketones (excluding diaryl/α,β-unsaturated/α-hetero) is 1. The number of halogens is 2. The van der Waals surface area contributed by atoms with Crippen LogP contribution in [0.25, 0.3) is 0 Å². The van der Waals surface area contributed by atoms with Crippen LogP contribution in [0.5, 0.6) is 11.5 Å². The molecule has 35 heavy (non-hydrogen) atoms. The molecule has 1 N–H and O–H groups in total. The van der Waals surface area contributed by atoms with Crippen LogP contribution in [0.2, 0.25) is 5.02 Å². The summed E-state index contributed by atoms with van der Waals surface area (Å²) < 4.78 is 30.2. The minimum atomic E-state index is -0.567. The summed E-state index contributed by atoms with van der Waals surface area (Å²) in [5, 5.41) is 3.24. The number of methoxy groups -OCH3 is 1. The number of carbonyl (C=O) groups excluding carboxylic acids is 2. The number of benzene rings is 2. The second-order valence-corrected chi connectivity index (χ2v) is 8.83. The molecule has 2 aromatic carbocycles. The van der Waals surface area contributed by atoms with Crippen molar-refractivity contribution in [1.29, 1.82) is 0 Å². The Morgan fingerprint density at radius 1 is 1.20 bits per heavy atom.